The summed E-state index contributed by atoms with van der Waals surface area (Å²) in [4.78, 5) is 0. The van der Waals surface area contributed by atoms with Crippen LogP contribution in [0.1, 0.15) is 51.3 Å². The molecule has 0 unspecified atom stereocenters. The van der Waals surface area contributed by atoms with E-state index in [4.69, 9.17) is 0 Å². The Labute approximate surface area is 142 Å². The van der Waals surface area contributed by atoms with Gasteiger partial charge in [0.15, 0.2) is 0 Å². The molecule has 1 heteroatoms. The van der Waals surface area contributed by atoms with Gasteiger partial charge in [-0.3, -0.25) is 0 Å². The van der Waals surface area contributed by atoms with E-state index >= 15 is 0 Å². The highest BCUT2D eigenvalue weighted by Crippen LogP contribution is 2.28. The van der Waals surface area contributed by atoms with Crippen LogP contribution in [0.5, 0.6) is 0 Å². The maximum atomic E-state index is 2.39. The van der Waals surface area contributed by atoms with Gasteiger partial charge in [-0.25, -0.2) is 0 Å². The van der Waals surface area contributed by atoms with Gasteiger partial charge in [-0.2, -0.15) is 0 Å². The van der Waals surface area contributed by atoms with Gasteiger partial charge < -0.3 is 4.48 Å². The highest BCUT2D eigenvalue weighted by Gasteiger charge is 2.21. The van der Waals surface area contributed by atoms with E-state index in [0.717, 1.165) is 12.8 Å². The number of benzene rings is 2. The third-order valence-corrected chi connectivity index (χ3v) is 5.93. The molecule has 0 saturated carbocycles. The highest BCUT2D eigenvalue weighted by molar-refractivity contribution is 5.91. The summed E-state index contributed by atoms with van der Waals surface area (Å²) < 4.78 is 1.23. The molecule has 0 aliphatic carbocycles. The first kappa shape index (κ1) is 18.0. The Balaban J connectivity index is 2.43. The van der Waals surface area contributed by atoms with E-state index in [1.165, 1.54) is 64.5 Å². The predicted octanol–water partition coefficient (Wildman–Crippen LogP) is 5.38. The first-order valence-electron chi connectivity index (χ1n) is 9.52. The molecule has 2 rings (SSSR count). The Morgan fingerprint density at radius 2 is 1.26 bits per heavy atom. The van der Waals surface area contributed by atoms with Crippen LogP contribution < -0.4 is 0 Å². The van der Waals surface area contributed by atoms with Gasteiger partial charge >= 0.3 is 0 Å². The van der Waals surface area contributed by atoms with Gasteiger partial charge in [-0.05, 0) is 61.1 Å². The lowest BCUT2D eigenvalue weighted by Gasteiger charge is -2.36. The van der Waals surface area contributed by atoms with Crippen LogP contribution in [0.3, 0.4) is 0 Å². The van der Waals surface area contributed by atoms with Crippen molar-refractivity contribution >= 4 is 10.8 Å². The molecule has 1 nitrogen and oxygen atoms in total. The maximum absolute atomic E-state index is 2.39. The predicted molar refractivity (Wildman–Crippen MR) is 103 cm³/mol. The molecule has 0 fully saturated rings. The number of hydrogen-bond acceptors (Lipinski definition) is 0. The molecule has 23 heavy (non-hydrogen) atoms. The Morgan fingerprint density at radius 1 is 0.696 bits per heavy atom. The Kier molecular flexibility index (Phi) is 6.24. The SMILES string of the molecule is CCc1cccc2c(CC[N+](CC)(CC)CC)ccc(CC)c12. The van der Waals surface area contributed by atoms with Crippen molar-refractivity contribution in [3.63, 3.8) is 0 Å². The van der Waals surface area contributed by atoms with Crippen molar-refractivity contribution in [1.82, 2.24) is 0 Å². The second kappa shape index (κ2) is 7.97. The monoisotopic (exact) mass is 312 g/mol. The summed E-state index contributed by atoms with van der Waals surface area (Å²) in [5.74, 6) is 0. The van der Waals surface area contributed by atoms with Crippen LogP contribution in [0.4, 0.5) is 0 Å². The molecule has 0 saturated heterocycles. The maximum Gasteiger partial charge on any atom is 0.0827 e. The molecular formula is C22H34N+. The van der Waals surface area contributed by atoms with Crippen LogP contribution in [0.2, 0.25) is 0 Å². The normalized spacial score (nSPS) is 12.0. The lowest BCUT2D eigenvalue weighted by atomic mass is 9.92. The van der Waals surface area contributed by atoms with Crippen molar-refractivity contribution < 1.29 is 4.48 Å². The van der Waals surface area contributed by atoms with E-state index < -0.39 is 0 Å². The van der Waals surface area contributed by atoms with Gasteiger partial charge in [-0.1, -0.05) is 44.2 Å². The lowest BCUT2D eigenvalue weighted by molar-refractivity contribution is -0.923. The first-order valence-corrected chi connectivity index (χ1v) is 9.52. The van der Waals surface area contributed by atoms with Crippen LogP contribution in [0.25, 0.3) is 10.8 Å². The molecule has 0 spiro atoms. The van der Waals surface area contributed by atoms with Crippen molar-refractivity contribution in [2.75, 3.05) is 26.2 Å². The Morgan fingerprint density at radius 3 is 1.83 bits per heavy atom. The number of likely N-dealkylation sites (N-methyl/N-ethyl adjacent to an activating group) is 1. The van der Waals surface area contributed by atoms with Gasteiger partial charge in [0.25, 0.3) is 0 Å². The smallest absolute Gasteiger partial charge is 0.0827 e. The summed E-state index contributed by atoms with van der Waals surface area (Å²) in [6, 6.07) is 11.6. The molecule has 0 heterocycles. The largest absolute Gasteiger partial charge is 0.324 e. The molecule has 2 aromatic rings. The first-order chi connectivity index (χ1) is 11.1. The summed E-state index contributed by atoms with van der Waals surface area (Å²) in [6.45, 7) is 16.5. The molecule has 0 amide bonds. The summed E-state index contributed by atoms with van der Waals surface area (Å²) in [5.41, 5.74) is 4.54. The highest BCUT2D eigenvalue weighted by atomic mass is 15.3. The Hall–Kier alpha value is -1.34. The fourth-order valence-electron chi connectivity index (χ4n) is 3.93. The van der Waals surface area contributed by atoms with Crippen molar-refractivity contribution in [3.8, 4) is 0 Å². The quantitative estimate of drug-likeness (QED) is 0.574. The van der Waals surface area contributed by atoms with Crippen molar-refractivity contribution in [3.05, 3.63) is 47.0 Å². The summed E-state index contributed by atoms with van der Waals surface area (Å²) >= 11 is 0. The fraction of sp³-hybridized carbons (Fsp3) is 0.545. The van der Waals surface area contributed by atoms with E-state index in [2.05, 4.69) is 65.0 Å². The number of rotatable bonds is 8. The van der Waals surface area contributed by atoms with Gasteiger partial charge in [0.1, 0.15) is 0 Å². The topological polar surface area (TPSA) is 0 Å². The lowest BCUT2D eigenvalue weighted by Crippen LogP contribution is -2.48. The van der Waals surface area contributed by atoms with Gasteiger partial charge in [0.2, 0.25) is 0 Å². The average Bonchev–Trinajstić information content (AvgIpc) is 2.62. The van der Waals surface area contributed by atoms with Crippen LogP contribution >= 0.6 is 0 Å². The molecule has 0 aromatic heterocycles. The van der Waals surface area contributed by atoms with E-state index in [1.54, 1.807) is 0 Å². The van der Waals surface area contributed by atoms with Gasteiger partial charge in [0, 0.05) is 6.42 Å². The van der Waals surface area contributed by atoms with E-state index in [9.17, 15) is 0 Å². The molecule has 0 bridgehead atoms. The molecule has 0 radical (unpaired) electrons. The zero-order valence-corrected chi connectivity index (χ0v) is 15.8. The molecule has 0 aliphatic heterocycles. The second-order valence-corrected chi connectivity index (χ2v) is 6.69. The average molecular weight is 313 g/mol. The zero-order chi connectivity index (χ0) is 16.9. The molecule has 126 valence electrons. The van der Waals surface area contributed by atoms with Crippen LogP contribution in [0, 0.1) is 0 Å². The van der Waals surface area contributed by atoms with Gasteiger partial charge in [-0.15, -0.1) is 0 Å². The third kappa shape index (κ3) is 3.61. The second-order valence-electron chi connectivity index (χ2n) is 6.69. The van der Waals surface area contributed by atoms with E-state index in [-0.39, 0.29) is 0 Å². The van der Waals surface area contributed by atoms with Crippen LogP contribution in [-0.2, 0) is 19.3 Å². The minimum atomic E-state index is 1.12. The van der Waals surface area contributed by atoms with Crippen molar-refractivity contribution in [2.24, 2.45) is 0 Å². The number of aryl methyl sites for hydroxylation is 2. The minimum absolute atomic E-state index is 1.12. The summed E-state index contributed by atoms with van der Waals surface area (Å²) in [6.07, 6.45) is 3.42. The van der Waals surface area contributed by atoms with Crippen LogP contribution in [-0.4, -0.2) is 30.7 Å². The van der Waals surface area contributed by atoms with Crippen molar-refractivity contribution in [1.29, 1.82) is 0 Å². The minimum Gasteiger partial charge on any atom is -0.324 e. The fourth-order valence-corrected chi connectivity index (χ4v) is 3.93. The van der Waals surface area contributed by atoms with Gasteiger partial charge in [0.05, 0.1) is 26.2 Å². The number of hydrogen-bond donors (Lipinski definition) is 0. The molecule has 0 aliphatic rings. The van der Waals surface area contributed by atoms with Crippen molar-refractivity contribution in [2.45, 2.75) is 53.9 Å². The summed E-state index contributed by atoms with van der Waals surface area (Å²) in [7, 11) is 0. The zero-order valence-electron chi connectivity index (χ0n) is 15.8. The molecule has 0 N–H and O–H groups in total. The standard InChI is InChI=1S/C22H34N/c1-6-18-12-11-13-21-20(15-14-19(7-2)22(18)21)16-17-23(8-3,9-4)10-5/h11-15H,6-10,16-17H2,1-5H3/q+1. The molecule has 2 aromatic carbocycles. The third-order valence-electron chi connectivity index (χ3n) is 5.93. The summed E-state index contributed by atoms with van der Waals surface area (Å²) in [5, 5.41) is 3.02. The Bertz CT molecular complexity index is 619. The number of fused-ring (bicyclic) bond motifs is 1. The number of quaternary nitrogens is 1. The molecule has 0 atom stereocenters. The van der Waals surface area contributed by atoms with E-state index in [1.807, 2.05) is 0 Å². The molecular weight excluding hydrogens is 278 g/mol. The number of nitrogens with zero attached hydrogens (tertiary/aromatic N) is 1. The van der Waals surface area contributed by atoms with Crippen LogP contribution in [0.15, 0.2) is 30.3 Å². The van der Waals surface area contributed by atoms with E-state index in [0.29, 0.717) is 0 Å².